The molecule has 4 nitrogen and oxygen atoms in total. The second-order valence-corrected chi connectivity index (χ2v) is 6.16. The molecule has 0 heterocycles. The highest BCUT2D eigenvalue weighted by Crippen LogP contribution is 2.44. The lowest BCUT2D eigenvalue weighted by Gasteiger charge is -2.21. The molecule has 0 atom stereocenters. The number of benzene rings is 4. The van der Waals surface area contributed by atoms with Crippen molar-refractivity contribution in [3.05, 3.63) is 88.0 Å². The van der Waals surface area contributed by atoms with Gasteiger partial charge in [0, 0.05) is 22.6 Å². The standard InChI is InChI=1S/C21H11NO3/c23-21-17-7-3-6-16-18(22(24)25)11-10-14(19(16)17)15-9-8-12-4-1-2-5-13(12)20(15)21/h1-11H. The van der Waals surface area contributed by atoms with Crippen LogP contribution in [0, 0.1) is 10.1 Å². The number of nitro benzene ring substituents is 1. The predicted molar refractivity (Wildman–Crippen MR) is 97.0 cm³/mol. The summed E-state index contributed by atoms with van der Waals surface area (Å²) in [4.78, 5) is 24.2. The quantitative estimate of drug-likeness (QED) is 0.318. The maximum absolute atomic E-state index is 13.2. The van der Waals surface area contributed by atoms with Crippen LogP contribution in [0.3, 0.4) is 0 Å². The first kappa shape index (κ1) is 13.9. The number of non-ortho nitro benzene ring substituents is 1. The zero-order chi connectivity index (χ0) is 17.1. The number of nitro groups is 1. The van der Waals surface area contributed by atoms with Gasteiger partial charge >= 0.3 is 0 Å². The van der Waals surface area contributed by atoms with E-state index in [2.05, 4.69) is 0 Å². The molecule has 0 saturated heterocycles. The van der Waals surface area contributed by atoms with E-state index < -0.39 is 4.92 Å². The van der Waals surface area contributed by atoms with Gasteiger partial charge in [0.05, 0.1) is 10.3 Å². The summed E-state index contributed by atoms with van der Waals surface area (Å²) in [5.74, 6) is -0.0783. The van der Waals surface area contributed by atoms with Gasteiger partial charge in [-0.05, 0) is 34.0 Å². The van der Waals surface area contributed by atoms with Gasteiger partial charge in [0.2, 0.25) is 0 Å². The van der Waals surface area contributed by atoms with Gasteiger partial charge in [-0.1, -0.05) is 48.5 Å². The molecule has 4 aromatic rings. The van der Waals surface area contributed by atoms with Crippen molar-refractivity contribution in [3.8, 4) is 11.1 Å². The summed E-state index contributed by atoms with van der Waals surface area (Å²) in [7, 11) is 0. The highest BCUT2D eigenvalue weighted by atomic mass is 16.6. The zero-order valence-corrected chi connectivity index (χ0v) is 13.0. The van der Waals surface area contributed by atoms with Crippen molar-refractivity contribution < 1.29 is 9.72 Å². The molecule has 0 unspecified atom stereocenters. The SMILES string of the molecule is O=C1c2c(ccc3ccccc23)-c2ccc([N+](=O)[O-])c3cccc1c23. The third-order valence-electron chi connectivity index (χ3n) is 4.91. The minimum Gasteiger partial charge on any atom is -0.289 e. The molecule has 0 saturated carbocycles. The van der Waals surface area contributed by atoms with E-state index >= 15 is 0 Å². The molecule has 0 fully saturated rings. The minimum absolute atomic E-state index is 0.0256. The number of rotatable bonds is 1. The van der Waals surface area contributed by atoms with Crippen LogP contribution in [-0.4, -0.2) is 10.7 Å². The number of nitrogens with zero attached hydrogens (tertiary/aromatic N) is 1. The lowest BCUT2D eigenvalue weighted by atomic mass is 9.80. The Labute approximate surface area is 142 Å². The van der Waals surface area contributed by atoms with Gasteiger partial charge in [0.25, 0.3) is 5.69 Å². The number of hydrogen-bond donors (Lipinski definition) is 0. The van der Waals surface area contributed by atoms with E-state index in [4.69, 9.17) is 0 Å². The van der Waals surface area contributed by atoms with Gasteiger partial charge in [0.15, 0.2) is 5.78 Å². The molecule has 0 aliphatic heterocycles. The second-order valence-electron chi connectivity index (χ2n) is 6.16. The molecule has 0 bridgehead atoms. The molecule has 1 aliphatic rings. The second kappa shape index (κ2) is 4.74. The monoisotopic (exact) mass is 325 g/mol. The smallest absolute Gasteiger partial charge is 0.277 e. The maximum atomic E-state index is 13.2. The molecular weight excluding hydrogens is 314 g/mol. The van der Waals surface area contributed by atoms with Crippen LogP contribution in [0.15, 0.2) is 66.7 Å². The molecule has 0 radical (unpaired) electrons. The summed E-state index contributed by atoms with van der Waals surface area (Å²) in [5.41, 5.74) is 2.93. The summed E-state index contributed by atoms with van der Waals surface area (Å²) >= 11 is 0. The Bertz CT molecular complexity index is 1240. The lowest BCUT2D eigenvalue weighted by Crippen LogP contribution is -2.11. The predicted octanol–water partition coefficient (Wildman–Crippen LogP) is 5.11. The largest absolute Gasteiger partial charge is 0.289 e. The number of carbonyl (C=O) groups is 1. The van der Waals surface area contributed by atoms with Crippen LogP contribution in [0.5, 0.6) is 0 Å². The minimum atomic E-state index is -0.400. The van der Waals surface area contributed by atoms with Crippen LogP contribution < -0.4 is 0 Å². The normalized spacial score (nSPS) is 12.4. The Morgan fingerprint density at radius 3 is 2.32 bits per heavy atom. The maximum Gasteiger partial charge on any atom is 0.277 e. The van der Waals surface area contributed by atoms with E-state index in [0.717, 1.165) is 21.9 Å². The van der Waals surface area contributed by atoms with Gasteiger partial charge in [0.1, 0.15) is 0 Å². The van der Waals surface area contributed by atoms with E-state index in [0.29, 0.717) is 21.9 Å². The van der Waals surface area contributed by atoms with Gasteiger partial charge in [-0.15, -0.1) is 0 Å². The molecule has 25 heavy (non-hydrogen) atoms. The van der Waals surface area contributed by atoms with Crippen LogP contribution in [0.25, 0.3) is 32.7 Å². The average Bonchev–Trinajstić information content (AvgIpc) is 2.64. The Hall–Kier alpha value is -3.53. The van der Waals surface area contributed by atoms with Crippen molar-refractivity contribution in [2.75, 3.05) is 0 Å². The van der Waals surface area contributed by atoms with Crippen LogP contribution in [0.4, 0.5) is 5.69 Å². The third kappa shape index (κ3) is 1.73. The summed E-state index contributed by atoms with van der Waals surface area (Å²) in [6.45, 7) is 0. The molecule has 1 aliphatic carbocycles. The van der Waals surface area contributed by atoms with Crippen molar-refractivity contribution >= 4 is 33.0 Å². The topological polar surface area (TPSA) is 60.2 Å². The molecule has 0 aromatic heterocycles. The summed E-state index contributed by atoms with van der Waals surface area (Å²) < 4.78 is 0. The number of ketones is 1. The van der Waals surface area contributed by atoms with Crippen molar-refractivity contribution in [2.45, 2.75) is 0 Å². The molecule has 4 heteroatoms. The first-order valence-electron chi connectivity index (χ1n) is 7.94. The molecule has 0 N–H and O–H groups in total. The zero-order valence-electron chi connectivity index (χ0n) is 13.0. The molecule has 5 rings (SSSR count). The van der Waals surface area contributed by atoms with Crippen molar-refractivity contribution in [1.29, 1.82) is 0 Å². The van der Waals surface area contributed by atoms with Crippen molar-refractivity contribution in [3.63, 3.8) is 0 Å². The van der Waals surface area contributed by atoms with Gasteiger partial charge in [-0.25, -0.2) is 0 Å². The lowest BCUT2D eigenvalue weighted by molar-refractivity contribution is -0.383. The van der Waals surface area contributed by atoms with E-state index in [1.807, 2.05) is 36.4 Å². The van der Waals surface area contributed by atoms with Gasteiger partial charge in [-0.3, -0.25) is 14.9 Å². The molecule has 0 amide bonds. The van der Waals surface area contributed by atoms with Crippen LogP contribution >= 0.6 is 0 Å². The Balaban J connectivity index is 2.00. The Morgan fingerprint density at radius 1 is 0.720 bits per heavy atom. The van der Waals surface area contributed by atoms with Crippen LogP contribution in [0.2, 0.25) is 0 Å². The molecule has 118 valence electrons. The highest BCUT2D eigenvalue weighted by molar-refractivity contribution is 6.30. The Kier molecular flexibility index (Phi) is 2.63. The first-order chi connectivity index (χ1) is 12.2. The summed E-state index contributed by atoms with van der Waals surface area (Å²) in [6, 6.07) is 20.2. The van der Waals surface area contributed by atoms with E-state index in [1.54, 1.807) is 24.3 Å². The summed E-state index contributed by atoms with van der Waals surface area (Å²) in [5, 5.41) is 14.5. The van der Waals surface area contributed by atoms with E-state index in [9.17, 15) is 14.9 Å². The molecular formula is C21H11NO3. The van der Waals surface area contributed by atoms with E-state index in [1.165, 1.54) is 6.07 Å². The summed E-state index contributed by atoms with van der Waals surface area (Å²) in [6.07, 6.45) is 0. The molecule has 0 spiro atoms. The fourth-order valence-electron chi connectivity index (χ4n) is 3.84. The van der Waals surface area contributed by atoms with Gasteiger partial charge in [-0.2, -0.15) is 0 Å². The average molecular weight is 325 g/mol. The number of carbonyl (C=O) groups excluding carboxylic acids is 1. The van der Waals surface area contributed by atoms with Crippen LogP contribution in [0.1, 0.15) is 15.9 Å². The van der Waals surface area contributed by atoms with E-state index in [-0.39, 0.29) is 11.5 Å². The third-order valence-corrected chi connectivity index (χ3v) is 4.91. The van der Waals surface area contributed by atoms with Crippen molar-refractivity contribution in [1.82, 2.24) is 0 Å². The number of hydrogen-bond acceptors (Lipinski definition) is 3. The van der Waals surface area contributed by atoms with Crippen molar-refractivity contribution in [2.24, 2.45) is 0 Å². The first-order valence-corrected chi connectivity index (χ1v) is 7.94. The number of fused-ring (bicyclic) bond motifs is 4. The Morgan fingerprint density at radius 2 is 1.48 bits per heavy atom. The van der Waals surface area contributed by atoms with Crippen LogP contribution in [-0.2, 0) is 0 Å². The highest BCUT2D eigenvalue weighted by Gasteiger charge is 2.29. The fourth-order valence-corrected chi connectivity index (χ4v) is 3.84. The van der Waals surface area contributed by atoms with Gasteiger partial charge < -0.3 is 0 Å². The molecule has 4 aromatic carbocycles. The fraction of sp³-hybridized carbons (Fsp3) is 0.